The van der Waals surface area contributed by atoms with Crippen LogP contribution in [0.15, 0.2) is 18.2 Å². The molecule has 0 aromatic heterocycles. The fourth-order valence-electron chi connectivity index (χ4n) is 1.35. The van der Waals surface area contributed by atoms with Gasteiger partial charge in [-0.25, -0.2) is 4.79 Å². The number of benzene rings is 1. The number of carboxylic acids is 1. The van der Waals surface area contributed by atoms with Crippen molar-refractivity contribution in [3.05, 3.63) is 34.9 Å². The quantitative estimate of drug-likeness (QED) is 0.832. The van der Waals surface area contributed by atoms with Gasteiger partial charge in [-0.1, -0.05) is 12.1 Å². The minimum atomic E-state index is -4.51. The zero-order valence-electron chi connectivity index (χ0n) is 8.84. The average Bonchev–Trinajstić information content (AvgIpc) is 2.19. The topological polar surface area (TPSA) is 54.4 Å². The summed E-state index contributed by atoms with van der Waals surface area (Å²) in [4.78, 5) is 21.2. The first kappa shape index (κ1) is 13.2. The van der Waals surface area contributed by atoms with Gasteiger partial charge in [0.25, 0.3) is 0 Å². The highest BCUT2D eigenvalue weighted by atomic mass is 19.4. The van der Waals surface area contributed by atoms with Crippen LogP contribution >= 0.6 is 0 Å². The van der Waals surface area contributed by atoms with Crippen molar-refractivity contribution in [2.45, 2.75) is 19.5 Å². The summed E-state index contributed by atoms with van der Waals surface area (Å²) in [6, 6.07) is 3.33. The Morgan fingerprint density at radius 3 is 2.35 bits per heavy atom. The van der Waals surface area contributed by atoms with Gasteiger partial charge in [0, 0.05) is 6.42 Å². The van der Waals surface area contributed by atoms with Crippen molar-refractivity contribution in [1.29, 1.82) is 0 Å². The van der Waals surface area contributed by atoms with Crippen LogP contribution < -0.4 is 0 Å². The summed E-state index contributed by atoms with van der Waals surface area (Å²) in [5, 5.41) is 8.36. The number of halogens is 3. The van der Waals surface area contributed by atoms with Crippen LogP contribution in [0.1, 0.15) is 16.7 Å². The van der Waals surface area contributed by atoms with Crippen molar-refractivity contribution in [3.8, 4) is 0 Å². The van der Waals surface area contributed by atoms with Crippen LogP contribution in [0.4, 0.5) is 13.2 Å². The highest BCUT2D eigenvalue weighted by Gasteiger charge is 2.32. The van der Waals surface area contributed by atoms with E-state index in [0.29, 0.717) is 0 Å². The predicted octanol–water partition coefficient (Wildman–Crippen LogP) is 2.21. The Hall–Kier alpha value is -1.85. The van der Waals surface area contributed by atoms with Crippen molar-refractivity contribution >= 4 is 11.8 Å². The van der Waals surface area contributed by atoms with Gasteiger partial charge in [0.1, 0.15) is 0 Å². The van der Waals surface area contributed by atoms with Crippen molar-refractivity contribution < 1.29 is 27.9 Å². The second-order valence-electron chi connectivity index (χ2n) is 3.55. The summed E-state index contributed by atoms with van der Waals surface area (Å²) in [6.45, 7) is 1.30. The molecule has 0 atom stereocenters. The molecule has 0 saturated heterocycles. The van der Waals surface area contributed by atoms with Gasteiger partial charge in [0.2, 0.25) is 5.78 Å². The first-order valence-corrected chi connectivity index (χ1v) is 4.64. The van der Waals surface area contributed by atoms with E-state index in [1.54, 1.807) is 0 Å². The van der Waals surface area contributed by atoms with Gasteiger partial charge in [-0.15, -0.1) is 0 Å². The fourth-order valence-corrected chi connectivity index (χ4v) is 1.35. The Morgan fingerprint density at radius 1 is 1.29 bits per heavy atom. The predicted molar refractivity (Wildman–Crippen MR) is 52.5 cm³/mol. The van der Waals surface area contributed by atoms with Crippen LogP contribution in [0.2, 0.25) is 0 Å². The molecule has 3 nitrogen and oxygen atoms in total. The second-order valence-corrected chi connectivity index (χ2v) is 3.55. The van der Waals surface area contributed by atoms with Gasteiger partial charge in [0.05, 0.1) is 5.56 Å². The lowest BCUT2D eigenvalue weighted by Gasteiger charge is -2.11. The first-order chi connectivity index (χ1) is 7.71. The number of rotatable bonds is 3. The van der Waals surface area contributed by atoms with Gasteiger partial charge >= 0.3 is 12.1 Å². The third kappa shape index (κ3) is 3.30. The van der Waals surface area contributed by atoms with E-state index in [9.17, 15) is 22.8 Å². The number of aliphatic carboxylic acids is 1. The van der Waals surface area contributed by atoms with Gasteiger partial charge in [-0.3, -0.25) is 4.79 Å². The van der Waals surface area contributed by atoms with Crippen LogP contribution in [0.25, 0.3) is 0 Å². The van der Waals surface area contributed by atoms with E-state index in [-0.39, 0.29) is 11.1 Å². The molecule has 1 aromatic rings. The van der Waals surface area contributed by atoms with Crippen LogP contribution in [0, 0.1) is 6.92 Å². The normalized spacial score (nSPS) is 11.3. The van der Waals surface area contributed by atoms with Crippen LogP contribution in [-0.2, 0) is 22.2 Å². The van der Waals surface area contributed by atoms with E-state index in [0.717, 1.165) is 6.07 Å². The molecule has 0 aliphatic heterocycles. The molecular formula is C11H9F3O3. The highest BCUT2D eigenvalue weighted by Crippen LogP contribution is 2.32. The Balaban J connectivity index is 3.05. The maximum atomic E-state index is 12.5. The molecule has 0 amide bonds. The van der Waals surface area contributed by atoms with Gasteiger partial charge in [0.15, 0.2) is 0 Å². The first-order valence-electron chi connectivity index (χ1n) is 4.64. The van der Waals surface area contributed by atoms with Crippen LogP contribution in [-0.4, -0.2) is 16.9 Å². The Bertz CT molecular complexity index is 464. The average molecular weight is 246 g/mol. The molecule has 1 aromatic carbocycles. The largest absolute Gasteiger partial charge is 0.475 e. The molecule has 0 fully saturated rings. The minimum Gasteiger partial charge on any atom is -0.475 e. The summed E-state index contributed by atoms with van der Waals surface area (Å²) < 4.78 is 37.6. The summed E-state index contributed by atoms with van der Waals surface area (Å²) in [5.74, 6) is -2.79. The molecular weight excluding hydrogens is 237 g/mol. The zero-order valence-corrected chi connectivity index (χ0v) is 8.84. The number of carbonyl (C=O) groups is 2. The molecule has 0 aliphatic carbocycles. The molecule has 0 heterocycles. The number of carboxylic acid groups (broad SMARTS) is 1. The van der Waals surface area contributed by atoms with Crippen molar-refractivity contribution in [2.24, 2.45) is 0 Å². The third-order valence-electron chi connectivity index (χ3n) is 2.21. The van der Waals surface area contributed by atoms with Gasteiger partial charge < -0.3 is 5.11 Å². The Labute approximate surface area is 94.9 Å². The van der Waals surface area contributed by atoms with E-state index < -0.39 is 29.9 Å². The molecule has 17 heavy (non-hydrogen) atoms. The van der Waals surface area contributed by atoms with Crippen LogP contribution in [0.5, 0.6) is 0 Å². The molecule has 0 spiro atoms. The lowest BCUT2D eigenvalue weighted by Crippen LogP contribution is -2.16. The highest BCUT2D eigenvalue weighted by molar-refractivity contribution is 6.33. The molecule has 0 radical (unpaired) electrons. The van der Waals surface area contributed by atoms with E-state index in [2.05, 4.69) is 0 Å². The number of alkyl halides is 3. The second kappa shape index (κ2) is 4.57. The van der Waals surface area contributed by atoms with Crippen molar-refractivity contribution in [2.75, 3.05) is 0 Å². The summed E-state index contributed by atoms with van der Waals surface area (Å²) >= 11 is 0. The summed E-state index contributed by atoms with van der Waals surface area (Å²) in [6.07, 6.45) is -5.05. The van der Waals surface area contributed by atoms with Crippen molar-refractivity contribution in [1.82, 2.24) is 0 Å². The monoisotopic (exact) mass is 246 g/mol. The van der Waals surface area contributed by atoms with Gasteiger partial charge in [-0.2, -0.15) is 13.2 Å². The number of carbonyl (C=O) groups excluding carboxylic acids is 1. The number of hydrogen-bond donors (Lipinski definition) is 1. The summed E-state index contributed by atoms with van der Waals surface area (Å²) in [7, 11) is 0. The zero-order chi connectivity index (χ0) is 13.2. The molecule has 92 valence electrons. The van der Waals surface area contributed by atoms with Crippen molar-refractivity contribution in [3.63, 3.8) is 0 Å². The molecule has 1 rings (SSSR count). The van der Waals surface area contributed by atoms with E-state index >= 15 is 0 Å². The number of hydrogen-bond acceptors (Lipinski definition) is 2. The Morgan fingerprint density at radius 2 is 1.88 bits per heavy atom. The number of Topliss-reactive ketones (excluding diaryl/α,β-unsaturated/α-hetero) is 1. The summed E-state index contributed by atoms with van der Waals surface area (Å²) in [5.41, 5.74) is -0.785. The lowest BCUT2D eigenvalue weighted by atomic mass is 10.0. The van der Waals surface area contributed by atoms with Crippen LogP contribution in [0.3, 0.4) is 0 Å². The maximum Gasteiger partial charge on any atom is 0.416 e. The molecule has 6 heteroatoms. The Kier molecular flexibility index (Phi) is 3.55. The third-order valence-corrected chi connectivity index (χ3v) is 2.21. The molecule has 0 saturated carbocycles. The fraction of sp³-hybridized carbons (Fsp3) is 0.273. The van der Waals surface area contributed by atoms with E-state index in [4.69, 9.17) is 5.11 Å². The smallest absolute Gasteiger partial charge is 0.416 e. The molecule has 0 bridgehead atoms. The molecule has 0 unspecified atom stereocenters. The molecule has 1 N–H and O–H groups in total. The van der Waals surface area contributed by atoms with E-state index in [1.807, 2.05) is 0 Å². The molecule has 0 aliphatic rings. The standard InChI is InChI=1S/C11H9F3O3/c1-6-2-3-7(5-9(15)10(16)17)4-8(6)11(12,13)14/h2-4H,5H2,1H3,(H,16,17). The van der Waals surface area contributed by atoms with Gasteiger partial charge in [-0.05, 0) is 24.1 Å². The van der Waals surface area contributed by atoms with E-state index in [1.165, 1.54) is 19.1 Å². The minimum absolute atomic E-state index is 0.0315. The number of ketones is 1. The number of aryl methyl sites for hydroxylation is 1. The SMILES string of the molecule is Cc1ccc(CC(=O)C(=O)O)cc1C(F)(F)F. The lowest BCUT2D eigenvalue weighted by molar-refractivity contribution is -0.148. The maximum absolute atomic E-state index is 12.5.